The van der Waals surface area contributed by atoms with Crippen molar-refractivity contribution in [2.75, 3.05) is 39.7 Å². The Bertz CT molecular complexity index is 765. The number of nitrogens with one attached hydrogen (secondary N) is 1. The van der Waals surface area contributed by atoms with E-state index >= 15 is 0 Å². The van der Waals surface area contributed by atoms with E-state index in [9.17, 15) is 18.0 Å². The third-order valence-electron chi connectivity index (χ3n) is 3.97. The van der Waals surface area contributed by atoms with Crippen LogP contribution in [0.3, 0.4) is 0 Å². The fourth-order valence-corrected chi connectivity index (χ4v) is 3.64. The van der Waals surface area contributed by atoms with Crippen molar-refractivity contribution in [3.05, 3.63) is 29.8 Å². The summed E-state index contributed by atoms with van der Waals surface area (Å²) in [7, 11) is -0.462. The summed E-state index contributed by atoms with van der Waals surface area (Å²) in [6.45, 7) is 0.225. The molecule has 2 atom stereocenters. The number of hydrogen-bond acceptors (Lipinski definition) is 6. The molecule has 1 aromatic rings. The number of carbonyl (C=O) groups excluding carboxylic acids is 2. The molecule has 1 aliphatic heterocycles. The summed E-state index contributed by atoms with van der Waals surface area (Å²) in [5, 5.41) is 2.80. The second kappa shape index (κ2) is 8.47. The number of benzene rings is 1. The summed E-state index contributed by atoms with van der Waals surface area (Å²) >= 11 is 0. The first-order chi connectivity index (χ1) is 12.2. The molecule has 0 aliphatic carbocycles. The lowest BCUT2D eigenvalue weighted by atomic mass is 10.1. The Morgan fingerprint density at radius 2 is 2.08 bits per heavy atom. The third-order valence-corrected chi connectivity index (χ3v) is 5.94. The molecule has 1 aromatic carbocycles. The quantitative estimate of drug-likeness (QED) is 0.602. The van der Waals surface area contributed by atoms with Gasteiger partial charge in [-0.3, -0.25) is 9.59 Å². The summed E-state index contributed by atoms with van der Waals surface area (Å²) < 4.78 is 35.8. The van der Waals surface area contributed by atoms with Crippen LogP contribution < -0.4 is 15.8 Å². The molecule has 1 heterocycles. The van der Waals surface area contributed by atoms with E-state index in [-0.39, 0.29) is 37.4 Å². The average molecular weight is 385 g/mol. The highest BCUT2D eigenvalue weighted by Gasteiger charge is 2.34. The van der Waals surface area contributed by atoms with Crippen LogP contribution in [0.2, 0.25) is 0 Å². The Balaban J connectivity index is 2.02. The van der Waals surface area contributed by atoms with Gasteiger partial charge in [0.05, 0.1) is 25.0 Å². The molecule has 0 radical (unpaired) electrons. The standard InChI is InChI=1S/C16H23N3O6S/c1-19(2)26(22,23)10-12-7-24-8-14(12)18-16(21)11-4-3-5-13(6-11)25-9-15(17)20/h3-6,12,14H,7-10H2,1-2H3,(H2,17,20)(H,18,21)/t12-,14+/m0/s1. The zero-order valence-corrected chi connectivity index (χ0v) is 15.5. The van der Waals surface area contributed by atoms with E-state index in [2.05, 4.69) is 5.32 Å². The number of ether oxygens (including phenoxy) is 2. The lowest BCUT2D eigenvalue weighted by Gasteiger charge is -2.21. The molecule has 0 aromatic heterocycles. The van der Waals surface area contributed by atoms with Gasteiger partial charge in [0.1, 0.15) is 5.75 Å². The van der Waals surface area contributed by atoms with Crippen LogP contribution in [0.1, 0.15) is 10.4 Å². The maximum absolute atomic E-state index is 12.5. The zero-order chi connectivity index (χ0) is 19.3. The largest absolute Gasteiger partial charge is 0.484 e. The Hall–Kier alpha value is -2.17. The zero-order valence-electron chi connectivity index (χ0n) is 14.7. The molecule has 0 spiro atoms. The predicted molar refractivity (Wildman–Crippen MR) is 94.2 cm³/mol. The van der Waals surface area contributed by atoms with Crippen LogP contribution in [0, 0.1) is 5.92 Å². The van der Waals surface area contributed by atoms with E-state index in [1.807, 2.05) is 0 Å². The highest BCUT2D eigenvalue weighted by atomic mass is 32.2. The third kappa shape index (κ3) is 5.41. The van der Waals surface area contributed by atoms with E-state index in [1.165, 1.54) is 20.2 Å². The topological polar surface area (TPSA) is 128 Å². The molecule has 1 aliphatic rings. The van der Waals surface area contributed by atoms with Crippen LogP contribution in [0.4, 0.5) is 0 Å². The monoisotopic (exact) mass is 385 g/mol. The van der Waals surface area contributed by atoms with Gasteiger partial charge in [-0.2, -0.15) is 0 Å². The Kier molecular flexibility index (Phi) is 6.57. The fourth-order valence-electron chi connectivity index (χ4n) is 2.48. The predicted octanol–water partition coefficient (Wildman–Crippen LogP) is -0.813. The maximum atomic E-state index is 12.5. The average Bonchev–Trinajstić information content (AvgIpc) is 2.99. The van der Waals surface area contributed by atoms with Gasteiger partial charge in [-0.25, -0.2) is 12.7 Å². The van der Waals surface area contributed by atoms with Crippen molar-refractivity contribution in [2.45, 2.75) is 6.04 Å². The molecular formula is C16H23N3O6S. The van der Waals surface area contributed by atoms with Crippen LogP contribution in [0.15, 0.2) is 24.3 Å². The highest BCUT2D eigenvalue weighted by Crippen LogP contribution is 2.19. The van der Waals surface area contributed by atoms with Gasteiger partial charge in [0.2, 0.25) is 10.0 Å². The number of carbonyl (C=O) groups is 2. The molecule has 1 saturated heterocycles. The van der Waals surface area contributed by atoms with Crippen molar-refractivity contribution < 1.29 is 27.5 Å². The van der Waals surface area contributed by atoms with Gasteiger partial charge in [0, 0.05) is 25.6 Å². The van der Waals surface area contributed by atoms with E-state index in [0.717, 1.165) is 4.31 Å². The first kappa shape index (κ1) is 20.1. The van der Waals surface area contributed by atoms with Crippen molar-refractivity contribution in [3.8, 4) is 5.75 Å². The van der Waals surface area contributed by atoms with Gasteiger partial charge in [-0.15, -0.1) is 0 Å². The summed E-state index contributed by atoms with van der Waals surface area (Å²) in [4.78, 5) is 23.2. The molecule has 2 rings (SSSR count). The molecule has 1 fully saturated rings. The Morgan fingerprint density at radius 3 is 2.73 bits per heavy atom. The van der Waals surface area contributed by atoms with Crippen molar-refractivity contribution in [1.82, 2.24) is 9.62 Å². The minimum Gasteiger partial charge on any atom is -0.484 e. The van der Waals surface area contributed by atoms with E-state index in [4.69, 9.17) is 15.2 Å². The Morgan fingerprint density at radius 1 is 1.35 bits per heavy atom. The van der Waals surface area contributed by atoms with Gasteiger partial charge in [0.15, 0.2) is 6.61 Å². The number of primary amides is 1. The number of sulfonamides is 1. The smallest absolute Gasteiger partial charge is 0.255 e. The molecule has 2 amide bonds. The highest BCUT2D eigenvalue weighted by molar-refractivity contribution is 7.89. The first-order valence-electron chi connectivity index (χ1n) is 7.99. The van der Waals surface area contributed by atoms with Crippen molar-refractivity contribution in [1.29, 1.82) is 0 Å². The van der Waals surface area contributed by atoms with Crippen LogP contribution in [-0.2, 0) is 19.6 Å². The SMILES string of the molecule is CN(C)S(=O)(=O)C[C@@H]1COC[C@H]1NC(=O)c1cccc(OCC(N)=O)c1. The molecule has 3 N–H and O–H groups in total. The normalized spacial score (nSPS) is 20.1. The van der Waals surface area contributed by atoms with Gasteiger partial charge in [0.25, 0.3) is 11.8 Å². The molecule has 0 unspecified atom stereocenters. The Labute approximate surface area is 152 Å². The van der Waals surface area contributed by atoms with E-state index in [1.54, 1.807) is 18.2 Å². The van der Waals surface area contributed by atoms with Gasteiger partial charge in [-0.05, 0) is 18.2 Å². The van der Waals surface area contributed by atoms with Crippen molar-refractivity contribution >= 4 is 21.8 Å². The maximum Gasteiger partial charge on any atom is 0.255 e. The number of amides is 2. The lowest BCUT2D eigenvalue weighted by Crippen LogP contribution is -2.43. The van der Waals surface area contributed by atoms with Crippen LogP contribution in [0.25, 0.3) is 0 Å². The molecule has 0 saturated carbocycles. The molecule has 26 heavy (non-hydrogen) atoms. The van der Waals surface area contributed by atoms with Gasteiger partial charge in [-0.1, -0.05) is 6.07 Å². The summed E-state index contributed by atoms with van der Waals surface area (Å²) in [6.07, 6.45) is 0. The second-order valence-electron chi connectivity index (χ2n) is 6.22. The lowest BCUT2D eigenvalue weighted by molar-refractivity contribution is -0.119. The van der Waals surface area contributed by atoms with Crippen molar-refractivity contribution in [2.24, 2.45) is 11.7 Å². The number of rotatable bonds is 8. The van der Waals surface area contributed by atoms with Gasteiger partial charge >= 0.3 is 0 Å². The van der Waals surface area contributed by atoms with E-state index < -0.39 is 22.0 Å². The molecule has 144 valence electrons. The van der Waals surface area contributed by atoms with Crippen LogP contribution >= 0.6 is 0 Å². The van der Waals surface area contributed by atoms with Crippen molar-refractivity contribution in [3.63, 3.8) is 0 Å². The number of nitrogens with zero attached hydrogens (tertiary/aromatic N) is 1. The molecule has 0 bridgehead atoms. The van der Waals surface area contributed by atoms with Crippen LogP contribution in [0.5, 0.6) is 5.75 Å². The molecule has 10 heteroatoms. The van der Waals surface area contributed by atoms with Crippen LogP contribution in [-0.4, -0.2) is 70.2 Å². The molecular weight excluding hydrogens is 362 g/mol. The van der Waals surface area contributed by atoms with E-state index in [0.29, 0.717) is 11.3 Å². The fraction of sp³-hybridized carbons (Fsp3) is 0.500. The minimum absolute atomic E-state index is 0.104. The van der Waals surface area contributed by atoms with Gasteiger partial charge < -0.3 is 20.5 Å². The summed E-state index contributed by atoms with van der Waals surface area (Å²) in [5.74, 6) is -1.09. The second-order valence-corrected chi connectivity index (χ2v) is 8.45. The summed E-state index contributed by atoms with van der Waals surface area (Å²) in [6, 6.07) is 5.88. The first-order valence-corrected chi connectivity index (χ1v) is 9.60. The molecule has 9 nitrogen and oxygen atoms in total. The number of nitrogens with two attached hydrogens (primary N) is 1. The minimum atomic E-state index is -3.40. The summed E-state index contributed by atoms with van der Waals surface area (Å²) in [5.41, 5.74) is 5.35. The number of hydrogen-bond donors (Lipinski definition) is 2.